The molecule has 0 amide bonds. The van der Waals surface area contributed by atoms with E-state index in [0.717, 1.165) is 38.1 Å². The lowest BCUT2D eigenvalue weighted by molar-refractivity contribution is -0.144. The fourth-order valence-corrected chi connectivity index (χ4v) is 3.71. The van der Waals surface area contributed by atoms with Gasteiger partial charge in [-0.15, -0.1) is 0 Å². The van der Waals surface area contributed by atoms with Crippen LogP contribution in [0.3, 0.4) is 0 Å². The first kappa shape index (κ1) is 13.4. The molecule has 0 radical (unpaired) electrons. The molecular formula is C16H21NO3. The first-order chi connectivity index (χ1) is 9.67. The maximum atomic E-state index is 11.2. The fraction of sp³-hybridized carbons (Fsp3) is 0.562. The monoisotopic (exact) mass is 275 g/mol. The third kappa shape index (κ3) is 2.52. The lowest BCUT2D eigenvalue weighted by atomic mass is 9.80. The number of hydrogen-bond acceptors (Lipinski definition) is 3. The Hall–Kier alpha value is -1.55. The van der Waals surface area contributed by atoms with E-state index in [1.807, 2.05) is 12.1 Å². The van der Waals surface area contributed by atoms with Crippen molar-refractivity contribution in [1.82, 2.24) is 4.90 Å². The molecule has 2 bridgehead atoms. The predicted octanol–water partition coefficient (Wildman–Crippen LogP) is 2.38. The number of hydrogen-bond donors (Lipinski definition) is 1. The molecule has 2 fully saturated rings. The third-order valence-electron chi connectivity index (χ3n) is 4.80. The molecule has 0 spiro atoms. The maximum absolute atomic E-state index is 11.2. The van der Waals surface area contributed by atoms with E-state index < -0.39 is 5.97 Å². The van der Waals surface area contributed by atoms with Gasteiger partial charge in [-0.05, 0) is 42.9 Å². The van der Waals surface area contributed by atoms with Crippen molar-refractivity contribution in [3.63, 3.8) is 0 Å². The van der Waals surface area contributed by atoms with Crippen LogP contribution in [0.25, 0.3) is 0 Å². The van der Waals surface area contributed by atoms with E-state index in [-0.39, 0.29) is 5.92 Å². The van der Waals surface area contributed by atoms with Crippen LogP contribution in [0.15, 0.2) is 24.3 Å². The molecule has 1 aromatic rings. The molecule has 1 N–H and O–H groups in total. The summed E-state index contributed by atoms with van der Waals surface area (Å²) in [6.07, 6.45) is 2.90. The van der Waals surface area contributed by atoms with E-state index >= 15 is 0 Å². The lowest BCUT2D eigenvalue weighted by Crippen LogP contribution is -2.29. The molecule has 1 aliphatic heterocycles. The van der Waals surface area contributed by atoms with E-state index in [0.29, 0.717) is 12.0 Å². The predicted molar refractivity (Wildman–Crippen MR) is 75.7 cm³/mol. The Morgan fingerprint density at radius 1 is 1.35 bits per heavy atom. The summed E-state index contributed by atoms with van der Waals surface area (Å²) < 4.78 is 5.17. The summed E-state index contributed by atoms with van der Waals surface area (Å²) in [5.74, 6) is 0.469. The summed E-state index contributed by atoms with van der Waals surface area (Å²) in [5, 5.41) is 9.26. The number of nitrogens with zero attached hydrogens (tertiary/aromatic N) is 1. The Labute approximate surface area is 119 Å². The highest BCUT2D eigenvalue weighted by atomic mass is 16.5. The molecule has 2 aliphatic rings. The molecule has 1 saturated heterocycles. The second-order valence-corrected chi connectivity index (χ2v) is 5.95. The van der Waals surface area contributed by atoms with Crippen LogP contribution in [-0.2, 0) is 11.3 Å². The van der Waals surface area contributed by atoms with Crippen molar-refractivity contribution in [3.8, 4) is 5.75 Å². The molecule has 20 heavy (non-hydrogen) atoms. The van der Waals surface area contributed by atoms with Gasteiger partial charge < -0.3 is 9.84 Å². The van der Waals surface area contributed by atoms with Crippen molar-refractivity contribution >= 4 is 5.97 Å². The van der Waals surface area contributed by atoms with Gasteiger partial charge in [0.25, 0.3) is 0 Å². The number of aliphatic carboxylic acids is 1. The first-order valence-electron chi connectivity index (χ1n) is 7.27. The van der Waals surface area contributed by atoms with Crippen LogP contribution in [0.4, 0.5) is 0 Å². The number of likely N-dealkylation sites (tertiary alicyclic amines) is 1. The molecule has 1 heterocycles. The maximum Gasteiger partial charge on any atom is 0.306 e. The van der Waals surface area contributed by atoms with Crippen molar-refractivity contribution < 1.29 is 14.6 Å². The molecule has 3 unspecified atom stereocenters. The van der Waals surface area contributed by atoms with Gasteiger partial charge in [0, 0.05) is 19.1 Å². The van der Waals surface area contributed by atoms with Gasteiger partial charge in [-0.25, -0.2) is 0 Å². The number of fused-ring (bicyclic) bond motifs is 2. The molecule has 4 nitrogen and oxygen atoms in total. The average Bonchev–Trinajstić information content (AvgIpc) is 2.75. The van der Waals surface area contributed by atoms with Gasteiger partial charge in [0.2, 0.25) is 0 Å². The van der Waals surface area contributed by atoms with Gasteiger partial charge >= 0.3 is 5.97 Å². The summed E-state index contributed by atoms with van der Waals surface area (Å²) in [6.45, 7) is 1.84. The summed E-state index contributed by atoms with van der Waals surface area (Å²) >= 11 is 0. The van der Waals surface area contributed by atoms with Gasteiger partial charge in [-0.1, -0.05) is 12.1 Å². The minimum Gasteiger partial charge on any atom is -0.497 e. The highest BCUT2D eigenvalue weighted by molar-refractivity contribution is 5.70. The van der Waals surface area contributed by atoms with Crippen LogP contribution >= 0.6 is 0 Å². The van der Waals surface area contributed by atoms with Crippen LogP contribution in [0.1, 0.15) is 24.8 Å². The van der Waals surface area contributed by atoms with Crippen molar-refractivity contribution in [2.24, 2.45) is 11.8 Å². The quantitative estimate of drug-likeness (QED) is 0.916. The molecule has 3 atom stereocenters. The Morgan fingerprint density at radius 3 is 2.75 bits per heavy atom. The Morgan fingerprint density at radius 2 is 2.10 bits per heavy atom. The molecule has 3 rings (SSSR count). The zero-order chi connectivity index (χ0) is 14.1. The summed E-state index contributed by atoms with van der Waals surface area (Å²) in [4.78, 5) is 13.7. The topological polar surface area (TPSA) is 49.8 Å². The van der Waals surface area contributed by atoms with Crippen LogP contribution in [0.5, 0.6) is 5.75 Å². The molecule has 1 aliphatic carbocycles. The average molecular weight is 275 g/mol. The molecule has 1 aromatic carbocycles. The number of benzene rings is 1. The normalized spacial score (nSPS) is 29.4. The van der Waals surface area contributed by atoms with Gasteiger partial charge in [-0.2, -0.15) is 0 Å². The van der Waals surface area contributed by atoms with Gasteiger partial charge in [0.1, 0.15) is 5.75 Å². The number of carboxylic acid groups (broad SMARTS) is 1. The molecule has 1 saturated carbocycles. The number of carboxylic acids is 1. The Balaban J connectivity index is 1.65. The molecule has 108 valence electrons. The highest BCUT2D eigenvalue weighted by Crippen LogP contribution is 2.40. The van der Waals surface area contributed by atoms with Crippen LogP contribution < -0.4 is 4.74 Å². The summed E-state index contributed by atoms with van der Waals surface area (Å²) in [5.41, 5.74) is 1.27. The molecular weight excluding hydrogens is 254 g/mol. The standard InChI is InChI=1S/C16H21NO3/c1-20-14-5-2-11(3-6-14)9-17-10-12-8-13(17)4-7-15(12)16(18)19/h2-3,5-6,12-13,15H,4,7-10H2,1H3,(H,18,19). The second-order valence-electron chi connectivity index (χ2n) is 5.95. The second kappa shape index (κ2) is 5.44. The van der Waals surface area contributed by atoms with Crippen LogP contribution in [0, 0.1) is 11.8 Å². The van der Waals surface area contributed by atoms with Crippen molar-refractivity contribution in [2.75, 3.05) is 13.7 Å². The molecule has 0 aromatic heterocycles. The van der Waals surface area contributed by atoms with Crippen LogP contribution in [0.2, 0.25) is 0 Å². The minimum absolute atomic E-state index is 0.132. The lowest BCUT2D eigenvalue weighted by Gasteiger charge is -2.26. The van der Waals surface area contributed by atoms with Crippen molar-refractivity contribution in [3.05, 3.63) is 29.8 Å². The highest BCUT2D eigenvalue weighted by Gasteiger charge is 2.43. The third-order valence-corrected chi connectivity index (χ3v) is 4.80. The zero-order valence-electron chi connectivity index (χ0n) is 11.8. The molecule has 4 heteroatoms. The van der Waals surface area contributed by atoms with E-state index in [2.05, 4.69) is 17.0 Å². The van der Waals surface area contributed by atoms with E-state index in [4.69, 9.17) is 4.74 Å². The van der Waals surface area contributed by atoms with Crippen molar-refractivity contribution in [1.29, 1.82) is 0 Å². The Kier molecular flexibility index (Phi) is 3.66. The number of carbonyl (C=O) groups is 1. The summed E-state index contributed by atoms with van der Waals surface area (Å²) in [6, 6.07) is 8.72. The van der Waals surface area contributed by atoms with E-state index in [1.165, 1.54) is 5.56 Å². The summed E-state index contributed by atoms with van der Waals surface area (Å²) in [7, 11) is 1.67. The zero-order valence-corrected chi connectivity index (χ0v) is 11.8. The number of rotatable bonds is 4. The van der Waals surface area contributed by atoms with E-state index in [9.17, 15) is 9.90 Å². The SMILES string of the molecule is COc1ccc(CN2CC3CC2CCC3C(=O)O)cc1. The van der Waals surface area contributed by atoms with Gasteiger partial charge in [0.15, 0.2) is 0 Å². The number of methoxy groups -OCH3 is 1. The van der Waals surface area contributed by atoms with Gasteiger partial charge in [-0.3, -0.25) is 9.69 Å². The van der Waals surface area contributed by atoms with E-state index in [1.54, 1.807) is 7.11 Å². The first-order valence-corrected chi connectivity index (χ1v) is 7.27. The van der Waals surface area contributed by atoms with Gasteiger partial charge in [0.05, 0.1) is 13.0 Å². The van der Waals surface area contributed by atoms with Crippen molar-refractivity contribution in [2.45, 2.75) is 31.8 Å². The largest absolute Gasteiger partial charge is 0.497 e. The van der Waals surface area contributed by atoms with Crippen LogP contribution in [-0.4, -0.2) is 35.7 Å². The number of ether oxygens (including phenoxy) is 1. The Bertz CT molecular complexity index is 485. The minimum atomic E-state index is -0.611. The smallest absolute Gasteiger partial charge is 0.306 e. The fourth-order valence-electron chi connectivity index (χ4n) is 3.71.